The van der Waals surface area contributed by atoms with E-state index in [0.29, 0.717) is 22.5 Å². The number of aryl methyl sites for hydroxylation is 1. The summed E-state index contributed by atoms with van der Waals surface area (Å²) in [5, 5.41) is 15.4. The van der Waals surface area contributed by atoms with Crippen molar-refractivity contribution in [3.8, 4) is 11.3 Å². The molecular formula is C18H18N6O2. The zero-order valence-electron chi connectivity index (χ0n) is 14.2. The first-order valence-corrected chi connectivity index (χ1v) is 8.42. The van der Waals surface area contributed by atoms with Gasteiger partial charge in [-0.05, 0) is 18.6 Å². The van der Waals surface area contributed by atoms with Crippen LogP contribution in [0.1, 0.15) is 30.3 Å². The number of fused-ring (bicyclic) bond motifs is 2. The highest BCUT2D eigenvalue weighted by Crippen LogP contribution is 2.32. The van der Waals surface area contributed by atoms with Crippen molar-refractivity contribution in [2.75, 3.05) is 5.73 Å². The molecule has 0 fully saturated rings. The SMILES string of the molecule is CCCCn1nc(-c2ccc3cc(C(=O)O)[nH]c3c2)c2c(N)ncnc21. The highest BCUT2D eigenvalue weighted by Gasteiger charge is 2.17. The molecule has 8 nitrogen and oxygen atoms in total. The molecule has 0 aliphatic rings. The van der Waals surface area contributed by atoms with Crippen LogP contribution in [0.15, 0.2) is 30.6 Å². The van der Waals surface area contributed by atoms with Crippen molar-refractivity contribution in [3.05, 3.63) is 36.3 Å². The molecule has 26 heavy (non-hydrogen) atoms. The number of nitrogens with one attached hydrogen (secondary N) is 1. The number of benzene rings is 1. The van der Waals surface area contributed by atoms with E-state index in [1.807, 2.05) is 22.9 Å². The number of H-pyrrole nitrogens is 1. The lowest BCUT2D eigenvalue weighted by molar-refractivity contribution is 0.0691. The molecule has 0 saturated heterocycles. The Bertz CT molecular complexity index is 1130. The first-order chi connectivity index (χ1) is 12.6. The van der Waals surface area contributed by atoms with Gasteiger partial charge in [0.25, 0.3) is 0 Å². The van der Waals surface area contributed by atoms with Crippen LogP contribution in [0.2, 0.25) is 0 Å². The fraction of sp³-hybridized carbons (Fsp3) is 0.222. The van der Waals surface area contributed by atoms with Gasteiger partial charge in [-0.1, -0.05) is 25.5 Å². The Labute approximate surface area is 148 Å². The molecule has 4 N–H and O–H groups in total. The molecule has 132 valence electrons. The molecule has 0 amide bonds. The summed E-state index contributed by atoms with van der Waals surface area (Å²) in [6.45, 7) is 2.87. The summed E-state index contributed by atoms with van der Waals surface area (Å²) in [7, 11) is 0. The summed E-state index contributed by atoms with van der Waals surface area (Å²) >= 11 is 0. The average Bonchev–Trinajstić information content (AvgIpc) is 3.21. The van der Waals surface area contributed by atoms with Crippen LogP contribution in [-0.2, 0) is 6.54 Å². The number of nitrogen functional groups attached to an aromatic ring is 1. The molecule has 0 unspecified atom stereocenters. The van der Waals surface area contributed by atoms with Crippen molar-refractivity contribution >= 4 is 33.7 Å². The van der Waals surface area contributed by atoms with Crippen LogP contribution in [0, 0.1) is 0 Å². The van der Waals surface area contributed by atoms with Gasteiger partial charge in [-0.15, -0.1) is 0 Å². The first kappa shape index (κ1) is 16.1. The molecule has 0 bridgehead atoms. The van der Waals surface area contributed by atoms with Gasteiger partial charge in [0.1, 0.15) is 23.5 Å². The van der Waals surface area contributed by atoms with Crippen LogP contribution in [-0.4, -0.2) is 35.8 Å². The fourth-order valence-corrected chi connectivity index (χ4v) is 3.09. The largest absolute Gasteiger partial charge is 0.477 e. The Morgan fingerprint density at radius 2 is 2.15 bits per heavy atom. The van der Waals surface area contributed by atoms with Gasteiger partial charge in [-0.3, -0.25) is 0 Å². The minimum absolute atomic E-state index is 0.151. The van der Waals surface area contributed by atoms with Crippen molar-refractivity contribution in [2.45, 2.75) is 26.3 Å². The number of unbranched alkanes of at least 4 members (excludes halogenated alkanes) is 1. The maximum atomic E-state index is 11.2. The normalized spacial score (nSPS) is 11.4. The van der Waals surface area contributed by atoms with Crippen LogP contribution in [0.3, 0.4) is 0 Å². The second kappa shape index (κ2) is 6.14. The minimum Gasteiger partial charge on any atom is -0.477 e. The Balaban J connectivity index is 1.90. The van der Waals surface area contributed by atoms with Gasteiger partial charge < -0.3 is 15.8 Å². The number of aromatic carboxylic acids is 1. The number of aromatic amines is 1. The van der Waals surface area contributed by atoms with Crippen LogP contribution >= 0.6 is 0 Å². The summed E-state index contributed by atoms with van der Waals surface area (Å²) in [6.07, 6.45) is 3.47. The zero-order valence-corrected chi connectivity index (χ0v) is 14.2. The molecule has 3 heterocycles. The quantitative estimate of drug-likeness (QED) is 0.508. The van der Waals surface area contributed by atoms with Gasteiger partial charge >= 0.3 is 5.97 Å². The molecule has 0 aliphatic carbocycles. The number of hydrogen-bond donors (Lipinski definition) is 3. The van der Waals surface area contributed by atoms with Crippen LogP contribution in [0.4, 0.5) is 5.82 Å². The molecule has 4 aromatic rings. The van der Waals surface area contributed by atoms with E-state index in [9.17, 15) is 4.79 Å². The molecule has 1 aromatic carbocycles. The zero-order chi connectivity index (χ0) is 18.3. The number of anilines is 1. The predicted molar refractivity (Wildman–Crippen MR) is 98.9 cm³/mol. The molecule has 0 spiro atoms. The third kappa shape index (κ3) is 2.55. The number of aromatic nitrogens is 5. The average molecular weight is 350 g/mol. The van der Waals surface area contributed by atoms with Gasteiger partial charge in [-0.25, -0.2) is 19.4 Å². The summed E-state index contributed by atoms with van der Waals surface area (Å²) in [6, 6.07) is 7.25. The van der Waals surface area contributed by atoms with Gasteiger partial charge in [0.2, 0.25) is 0 Å². The van der Waals surface area contributed by atoms with Crippen molar-refractivity contribution in [3.63, 3.8) is 0 Å². The van der Waals surface area contributed by atoms with Crippen molar-refractivity contribution in [1.82, 2.24) is 24.7 Å². The molecule has 8 heteroatoms. The second-order valence-electron chi connectivity index (χ2n) is 6.17. The molecular weight excluding hydrogens is 332 g/mol. The Morgan fingerprint density at radius 1 is 1.31 bits per heavy atom. The number of carbonyl (C=O) groups is 1. The maximum Gasteiger partial charge on any atom is 0.352 e. The number of carboxylic acids is 1. The summed E-state index contributed by atoms with van der Waals surface area (Å²) in [5.74, 6) is -0.611. The van der Waals surface area contributed by atoms with E-state index < -0.39 is 5.97 Å². The number of nitrogens with two attached hydrogens (primary N) is 1. The Morgan fingerprint density at radius 3 is 2.92 bits per heavy atom. The Kier molecular flexibility index (Phi) is 3.80. The van der Waals surface area contributed by atoms with Crippen LogP contribution < -0.4 is 5.73 Å². The van der Waals surface area contributed by atoms with Gasteiger partial charge in [0.05, 0.1) is 5.39 Å². The number of carboxylic acid groups (broad SMARTS) is 1. The molecule has 0 radical (unpaired) electrons. The van der Waals surface area contributed by atoms with Crippen LogP contribution in [0.5, 0.6) is 0 Å². The number of nitrogens with zero attached hydrogens (tertiary/aromatic N) is 4. The van der Waals surface area contributed by atoms with E-state index in [-0.39, 0.29) is 5.69 Å². The molecule has 3 aromatic heterocycles. The lowest BCUT2D eigenvalue weighted by Crippen LogP contribution is -2.01. The smallest absolute Gasteiger partial charge is 0.352 e. The first-order valence-electron chi connectivity index (χ1n) is 8.42. The van der Waals surface area contributed by atoms with Crippen molar-refractivity contribution in [2.24, 2.45) is 0 Å². The summed E-state index contributed by atoms with van der Waals surface area (Å²) in [5.41, 5.74) is 9.22. The highest BCUT2D eigenvalue weighted by molar-refractivity contribution is 6.01. The van der Waals surface area contributed by atoms with E-state index in [2.05, 4.69) is 21.9 Å². The monoisotopic (exact) mass is 350 g/mol. The summed E-state index contributed by atoms with van der Waals surface area (Å²) < 4.78 is 1.85. The number of hydrogen-bond acceptors (Lipinski definition) is 5. The highest BCUT2D eigenvalue weighted by atomic mass is 16.4. The van der Waals surface area contributed by atoms with E-state index in [1.54, 1.807) is 6.07 Å². The Hall–Kier alpha value is -3.42. The van der Waals surface area contributed by atoms with Crippen molar-refractivity contribution < 1.29 is 9.90 Å². The standard InChI is InChI=1S/C18H18N6O2/c1-2-3-6-24-17-14(16(19)20-9-21-17)15(23-24)11-5-4-10-7-13(18(25)26)22-12(10)8-11/h4-5,7-9,22H,2-3,6H2,1H3,(H,25,26)(H2,19,20,21). The molecule has 0 aliphatic heterocycles. The minimum atomic E-state index is -0.991. The summed E-state index contributed by atoms with van der Waals surface area (Å²) in [4.78, 5) is 22.5. The van der Waals surface area contributed by atoms with E-state index in [4.69, 9.17) is 15.9 Å². The third-order valence-corrected chi connectivity index (χ3v) is 4.41. The number of rotatable bonds is 5. The topological polar surface area (TPSA) is 123 Å². The lowest BCUT2D eigenvalue weighted by Gasteiger charge is -2.00. The van der Waals surface area contributed by atoms with Gasteiger partial charge in [-0.2, -0.15) is 5.10 Å². The van der Waals surface area contributed by atoms with Crippen LogP contribution in [0.25, 0.3) is 33.2 Å². The van der Waals surface area contributed by atoms with Crippen molar-refractivity contribution in [1.29, 1.82) is 0 Å². The maximum absolute atomic E-state index is 11.2. The fourth-order valence-electron chi connectivity index (χ4n) is 3.09. The van der Waals surface area contributed by atoms with Gasteiger partial charge in [0, 0.05) is 23.0 Å². The molecule has 4 rings (SSSR count). The molecule has 0 saturated carbocycles. The lowest BCUT2D eigenvalue weighted by atomic mass is 10.1. The van der Waals surface area contributed by atoms with Gasteiger partial charge in [0.15, 0.2) is 5.65 Å². The molecule has 0 atom stereocenters. The van der Waals surface area contributed by atoms with E-state index in [0.717, 1.165) is 35.9 Å². The predicted octanol–water partition coefficient (Wildman–Crippen LogP) is 3.06. The third-order valence-electron chi connectivity index (χ3n) is 4.41. The van der Waals surface area contributed by atoms with E-state index >= 15 is 0 Å². The van der Waals surface area contributed by atoms with E-state index in [1.165, 1.54) is 6.33 Å². The second-order valence-corrected chi connectivity index (χ2v) is 6.17.